The van der Waals surface area contributed by atoms with Crippen LogP contribution in [0.5, 0.6) is 0 Å². The molecular formula is C15H16FNO3S2. The molecule has 0 saturated heterocycles. The van der Waals surface area contributed by atoms with Crippen LogP contribution in [0.3, 0.4) is 0 Å². The van der Waals surface area contributed by atoms with Crippen LogP contribution in [0.4, 0.5) is 4.39 Å². The molecule has 1 atom stereocenters. The molecule has 0 amide bonds. The minimum absolute atomic E-state index is 0.0114. The average molecular weight is 341 g/mol. The molecule has 0 aliphatic carbocycles. The number of sulfonamides is 1. The summed E-state index contributed by atoms with van der Waals surface area (Å²) in [5.74, 6) is 0.108. The molecule has 0 aliphatic heterocycles. The number of hydrogen-bond acceptors (Lipinski definition) is 3. The molecule has 0 saturated carbocycles. The van der Waals surface area contributed by atoms with E-state index in [0.29, 0.717) is 5.75 Å². The standard InChI is InChI=1S/C15H16FNO3S2/c16-14-6-8-15(9-7-14)22(19,20)17-10-11-21(18)12-13-4-2-1-3-5-13/h1-9,17H,10-12H2. The van der Waals surface area contributed by atoms with Gasteiger partial charge in [-0.3, -0.25) is 4.21 Å². The highest BCUT2D eigenvalue weighted by Crippen LogP contribution is 2.09. The zero-order valence-electron chi connectivity index (χ0n) is 11.7. The fraction of sp³-hybridized carbons (Fsp3) is 0.200. The van der Waals surface area contributed by atoms with Crippen molar-refractivity contribution in [1.29, 1.82) is 0 Å². The third-order valence-electron chi connectivity index (χ3n) is 2.92. The van der Waals surface area contributed by atoms with Crippen LogP contribution in [0.1, 0.15) is 5.56 Å². The van der Waals surface area contributed by atoms with Crippen LogP contribution in [0.2, 0.25) is 0 Å². The van der Waals surface area contributed by atoms with E-state index in [2.05, 4.69) is 4.72 Å². The van der Waals surface area contributed by atoms with E-state index in [-0.39, 0.29) is 17.2 Å². The lowest BCUT2D eigenvalue weighted by molar-refractivity contribution is 0.583. The van der Waals surface area contributed by atoms with Crippen LogP contribution in [0.25, 0.3) is 0 Å². The van der Waals surface area contributed by atoms with E-state index in [4.69, 9.17) is 0 Å². The minimum atomic E-state index is -3.70. The van der Waals surface area contributed by atoms with Gasteiger partial charge in [-0.2, -0.15) is 0 Å². The van der Waals surface area contributed by atoms with Crippen LogP contribution < -0.4 is 4.72 Å². The van der Waals surface area contributed by atoms with Crippen molar-refractivity contribution in [2.75, 3.05) is 12.3 Å². The maximum atomic E-state index is 12.8. The van der Waals surface area contributed by atoms with Gasteiger partial charge < -0.3 is 0 Å². The van der Waals surface area contributed by atoms with Gasteiger partial charge in [0, 0.05) is 28.9 Å². The molecule has 2 aromatic rings. The predicted octanol–water partition coefficient (Wildman–Crippen LogP) is 2.05. The lowest BCUT2D eigenvalue weighted by Crippen LogP contribution is -2.28. The molecule has 0 radical (unpaired) electrons. The summed E-state index contributed by atoms with van der Waals surface area (Å²) in [5, 5.41) is 0. The quantitative estimate of drug-likeness (QED) is 0.838. The summed E-state index contributed by atoms with van der Waals surface area (Å²) < 4.78 is 51.0. The van der Waals surface area contributed by atoms with Gasteiger partial charge in [-0.1, -0.05) is 30.3 Å². The smallest absolute Gasteiger partial charge is 0.240 e. The first-order valence-corrected chi connectivity index (χ1v) is 9.58. The van der Waals surface area contributed by atoms with Crippen molar-refractivity contribution in [1.82, 2.24) is 4.72 Å². The Kier molecular flexibility index (Phi) is 5.82. The van der Waals surface area contributed by atoms with Crippen molar-refractivity contribution >= 4 is 20.8 Å². The molecule has 22 heavy (non-hydrogen) atoms. The van der Waals surface area contributed by atoms with Crippen LogP contribution >= 0.6 is 0 Å². The molecule has 0 aromatic heterocycles. The monoisotopic (exact) mass is 341 g/mol. The summed E-state index contributed by atoms with van der Waals surface area (Å²) in [5.41, 5.74) is 0.947. The van der Waals surface area contributed by atoms with E-state index < -0.39 is 26.6 Å². The van der Waals surface area contributed by atoms with Gasteiger partial charge in [0.05, 0.1) is 4.90 Å². The summed E-state index contributed by atoms with van der Waals surface area (Å²) in [6.45, 7) is 0.0686. The molecule has 0 aliphatic rings. The van der Waals surface area contributed by atoms with Gasteiger partial charge >= 0.3 is 0 Å². The van der Waals surface area contributed by atoms with E-state index in [1.807, 2.05) is 30.3 Å². The highest BCUT2D eigenvalue weighted by Gasteiger charge is 2.13. The molecule has 2 rings (SSSR count). The normalized spacial score (nSPS) is 13.0. The fourth-order valence-corrected chi connectivity index (χ4v) is 4.02. The minimum Gasteiger partial charge on any atom is -0.259 e. The first-order chi connectivity index (χ1) is 10.5. The number of hydrogen-bond donors (Lipinski definition) is 1. The third-order valence-corrected chi connectivity index (χ3v) is 5.71. The molecule has 118 valence electrons. The van der Waals surface area contributed by atoms with Gasteiger partial charge in [0.2, 0.25) is 10.0 Å². The predicted molar refractivity (Wildman–Crippen MR) is 84.7 cm³/mol. The van der Waals surface area contributed by atoms with Crippen molar-refractivity contribution in [2.24, 2.45) is 0 Å². The van der Waals surface area contributed by atoms with Gasteiger partial charge in [0.15, 0.2) is 0 Å². The van der Waals surface area contributed by atoms with Crippen molar-refractivity contribution in [3.05, 3.63) is 66.0 Å². The third kappa shape index (κ3) is 5.01. The van der Waals surface area contributed by atoms with Gasteiger partial charge in [-0.15, -0.1) is 0 Å². The Balaban J connectivity index is 1.85. The van der Waals surface area contributed by atoms with Crippen LogP contribution in [0.15, 0.2) is 59.5 Å². The summed E-state index contributed by atoms with van der Waals surface area (Å²) in [7, 11) is -4.85. The number of nitrogens with one attached hydrogen (secondary N) is 1. The molecule has 1 unspecified atom stereocenters. The Morgan fingerprint density at radius 3 is 2.27 bits per heavy atom. The molecule has 1 N–H and O–H groups in total. The number of rotatable bonds is 7. The Labute approximate surface area is 131 Å². The Bertz CT molecular complexity index is 731. The fourth-order valence-electron chi connectivity index (χ4n) is 1.82. The number of benzene rings is 2. The molecule has 0 spiro atoms. The summed E-state index contributed by atoms with van der Waals surface area (Å²) in [4.78, 5) is -0.0114. The molecular weight excluding hydrogens is 325 g/mol. The first kappa shape index (κ1) is 16.8. The van der Waals surface area contributed by atoms with E-state index >= 15 is 0 Å². The lowest BCUT2D eigenvalue weighted by atomic mass is 10.2. The van der Waals surface area contributed by atoms with Gasteiger partial charge in [-0.25, -0.2) is 17.5 Å². The van der Waals surface area contributed by atoms with Crippen molar-refractivity contribution in [3.8, 4) is 0 Å². The van der Waals surface area contributed by atoms with Gasteiger partial charge in [0.25, 0.3) is 0 Å². The summed E-state index contributed by atoms with van der Waals surface area (Å²) in [6.07, 6.45) is 0. The maximum Gasteiger partial charge on any atom is 0.240 e. The Morgan fingerprint density at radius 2 is 1.64 bits per heavy atom. The van der Waals surface area contributed by atoms with Crippen molar-refractivity contribution in [3.63, 3.8) is 0 Å². The molecule has 0 heterocycles. The summed E-state index contributed by atoms with van der Waals surface area (Å²) in [6, 6.07) is 13.9. The highest BCUT2D eigenvalue weighted by atomic mass is 32.2. The second-order valence-electron chi connectivity index (χ2n) is 4.63. The second kappa shape index (κ2) is 7.62. The first-order valence-electron chi connectivity index (χ1n) is 6.61. The molecule has 2 aromatic carbocycles. The zero-order chi connectivity index (χ0) is 16.0. The molecule has 4 nitrogen and oxygen atoms in total. The Morgan fingerprint density at radius 1 is 1.00 bits per heavy atom. The van der Waals surface area contributed by atoms with Crippen LogP contribution in [0, 0.1) is 5.82 Å². The van der Waals surface area contributed by atoms with Crippen LogP contribution in [-0.4, -0.2) is 24.9 Å². The number of halogens is 1. The summed E-state index contributed by atoms with van der Waals surface area (Å²) >= 11 is 0. The molecule has 0 bridgehead atoms. The van der Waals surface area contributed by atoms with Gasteiger partial charge in [0.1, 0.15) is 5.82 Å². The maximum absolute atomic E-state index is 12.8. The zero-order valence-corrected chi connectivity index (χ0v) is 13.4. The second-order valence-corrected chi connectivity index (χ2v) is 7.97. The van der Waals surface area contributed by atoms with Crippen LogP contribution in [-0.2, 0) is 26.6 Å². The van der Waals surface area contributed by atoms with E-state index in [0.717, 1.165) is 17.7 Å². The van der Waals surface area contributed by atoms with Gasteiger partial charge in [-0.05, 0) is 29.8 Å². The molecule has 7 heteroatoms. The average Bonchev–Trinajstić information content (AvgIpc) is 2.48. The van der Waals surface area contributed by atoms with E-state index in [1.54, 1.807) is 0 Å². The van der Waals surface area contributed by atoms with Crippen molar-refractivity contribution < 1.29 is 17.0 Å². The molecule has 0 fully saturated rings. The topological polar surface area (TPSA) is 63.2 Å². The van der Waals surface area contributed by atoms with Crippen molar-refractivity contribution in [2.45, 2.75) is 10.6 Å². The van der Waals surface area contributed by atoms with E-state index in [1.165, 1.54) is 12.1 Å². The largest absolute Gasteiger partial charge is 0.259 e. The van der Waals surface area contributed by atoms with E-state index in [9.17, 15) is 17.0 Å². The lowest BCUT2D eigenvalue weighted by Gasteiger charge is -2.07. The Hall–Kier alpha value is -1.57. The SMILES string of the molecule is O=S(CCNS(=O)(=O)c1ccc(F)cc1)Cc1ccccc1. The highest BCUT2D eigenvalue weighted by molar-refractivity contribution is 7.89.